The van der Waals surface area contributed by atoms with Crippen LogP contribution in [0, 0.1) is 5.41 Å². The molecule has 0 N–H and O–H groups in total. The summed E-state index contributed by atoms with van der Waals surface area (Å²) in [5.74, 6) is 1.36. The van der Waals surface area contributed by atoms with Crippen LogP contribution in [0.5, 0.6) is 11.5 Å². The fourth-order valence-electron chi connectivity index (χ4n) is 5.01. The van der Waals surface area contributed by atoms with Crippen LogP contribution in [0.4, 0.5) is 0 Å². The van der Waals surface area contributed by atoms with E-state index in [0.29, 0.717) is 0 Å². The van der Waals surface area contributed by atoms with Crippen LogP contribution in [0.3, 0.4) is 0 Å². The summed E-state index contributed by atoms with van der Waals surface area (Å²) in [6.07, 6.45) is 6.13. The van der Waals surface area contributed by atoms with Gasteiger partial charge in [-0.2, -0.15) is 0 Å². The van der Waals surface area contributed by atoms with Gasteiger partial charge in [0.15, 0.2) is 11.5 Å². The molecule has 1 aliphatic carbocycles. The minimum Gasteiger partial charge on any atom is -0.493 e. The molecule has 2 unspecified atom stereocenters. The number of benzene rings is 1. The Kier molecular flexibility index (Phi) is 3.99. The highest BCUT2D eigenvalue weighted by molar-refractivity contribution is 5.83. The van der Waals surface area contributed by atoms with E-state index in [1.165, 1.54) is 23.8 Å². The van der Waals surface area contributed by atoms with Crippen molar-refractivity contribution in [1.82, 2.24) is 4.90 Å². The first-order chi connectivity index (χ1) is 12.2. The minimum absolute atomic E-state index is 0.0232. The summed E-state index contributed by atoms with van der Waals surface area (Å²) in [7, 11) is 4.82. The van der Waals surface area contributed by atoms with Crippen molar-refractivity contribution in [3.63, 3.8) is 0 Å². The Balaban J connectivity index is 1.90. The SMILES string of the molecule is COC(=O)C12CCCC=C1CN1CCc3cc(OC)c(OC)cc3C12. The van der Waals surface area contributed by atoms with Crippen molar-refractivity contribution < 1.29 is 19.0 Å². The average Bonchev–Trinajstić information content (AvgIpc) is 3.01. The van der Waals surface area contributed by atoms with Gasteiger partial charge in [0, 0.05) is 13.1 Å². The summed E-state index contributed by atoms with van der Waals surface area (Å²) in [4.78, 5) is 15.4. The van der Waals surface area contributed by atoms with E-state index in [0.717, 1.165) is 50.3 Å². The molecule has 134 valence electrons. The van der Waals surface area contributed by atoms with Gasteiger partial charge in [-0.1, -0.05) is 6.08 Å². The second-order valence-electron chi connectivity index (χ2n) is 7.11. The zero-order valence-electron chi connectivity index (χ0n) is 15.1. The highest BCUT2D eigenvalue weighted by atomic mass is 16.5. The number of hydrogen-bond donors (Lipinski definition) is 0. The van der Waals surface area contributed by atoms with Crippen molar-refractivity contribution >= 4 is 5.97 Å². The Hall–Kier alpha value is -2.01. The van der Waals surface area contributed by atoms with Crippen molar-refractivity contribution in [2.24, 2.45) is 5.41 Å². The van der Waals surface area contributed by atoms with E-state index in [1.807, 2.05) is 0 Å². The second-order valence-corrected chi connectivity index (χ2v) is 7.11. The standard InChI is InChI=1S/C20H25NO4/c1-23-16-10-13-7-9-21-12-14-6-4-5-8-20(14,19(22)25-3)18(21)15(13)11-17(16)24-2/h6,10-11,18H,4-5,7-9,12H2,1-3H3. The molecule has 1 aromatic rings. The molecule has 0 radical (unpaired) electrons. The zero-order valence-corrected chi connectivity index (χ0v) is 15.1. The lowest BCUT2D eigenvalue weighted by Crippen LogP contribution is -2.43. The molecule has 5 nitrogen and oxygen atoms in total. The smallest absolute Gasteiger partial charge is 0.317 e. The summed E-state index contributed by atoms with van der Waals surface area (Å²) < 4.78 is 16.3. The molecule has 25 heavy (non-hydrogen) atoms. The van der Waals surface area contributed by atoms with Gasteiger partial charge < -0.3 is 14.2 Å². The van der Waals surface area contributed by atoms with E-state index in [2.05, 4.69) is 23.1 Å². The van der Waals surface area contributed by atoms with E-state index in [1.54, 1.807) is 14.2 Å². The first kappa shape index (κ1) is 16.5. The molecule has 2 heterocycles. The number of ether oxygens (including phenoxy) is 3. The van der Waals surface area contributed by atoms with Gasteiger partial charge in [-0.05, 0) is 54.5 Å². The van der Waals surface area contributed by atoms with Gasteiger partial charge in [0.25, 0.3) is 0 Å². The molecule has 1 aromatic carbocycles. The molecule has 2 aliphatic heterocycles. The number of nitrogens with zero attached hydrogens (tertiary/aromatic N) is 1. The molecule has 4 rings (SSSR count). The van der Waals surface area contributed by atoms with Gasteiger partial charge in [-0.25, -0.2) is 0 Å². The molecular formula is C20H25NO4. The van der Waals surface area contributed by atoms with E-state index >= 15 is 0 Å². The highest BCUT2D eigenvalue weighted by Crippen LogP contribution is 2.58. The van der Waals surface area contributed by atoms with Gasteiger partial charge in [-0.15, -0.1) is 0 Å². The van der Waals surface area contributed by atoms with Gasteiger partial charge in [0.1, 0.15) is 5.41 Å². The summed E-state index contributed by atoms with van der Waals surface area (Å²) in [5, 5.41) is 0. The predicted octanol–water partition coefficient (Wildman–Crippen LogP) is 2.89. The fraction of sp³-hybridized carbons (Fsp3) is 0.550. The monoisotopic (exact) mass is 343 g/mol. The molecule has 2 atom stereocenters. The number of allylic oxidation sites excluding steroid dienone is 1. The number of methoxy groups -OCH3 is 3. The molecule has 0 amide bonds. The third-order valence-corrected chi connectivity index (χ3v) is 6.10. The van der Waals surface area contributed by atoms with Crippen molar-refractivity contribution in [2.75, 3.05) is 34.4 Å². The van der Waals surface area contributed by atoms with Crippen LogP contribution in [0.1, 0.15) is 36.4 Å². The van der Waals surface area contributed by atoms with Gasteiger partial charge in [-0.3, -0.25) is 9.69 Å². The number of esters is 1. The van der Waals surface area contributed by atoms with Crippen LogP contribution in [0.15, 0.2) is 23.8 Å². The average molecular weight is 343 g/mol. The first-order valence-electron chi connectivity index (χ1n) is 8.92. The predicted molar refractivity (Wildman–Crippen MR) is 93.9 cm³/mol. The lowest BCUT2D eigenvalue weighted by atomic mass is 9.67. The van der Waals surface area contributed by atoms with Crippen LogP contribution >= 0.6 is 0 Å². The van der Waals surface area contributed by atoms with E-state index in [4.69, 9.17) is 14.2 Å². The summed E-state index contributed by atoms with van der Waals surface area (Å²) >= 11 is 0. The highest BCUT2D eigenvalue weighted by Gasteiger charge is 2.58. The number of fused-ring (bicyclic) bond motifs is 5. The number of carbonyl (C=O) groups excluding carboxylic acids is 1. The summed E-state index contributed by atoms with van der Waals surface area (Å²) in [6.45, 7) is 1.80. The van der Waals surface area contributed by atoms with Crippen LogP contribution in [0.25, 0.3) is 0 Å². The van der Waals surface area contributed by atoms with Gasteiger partial charge >= 0.3 is 5.97 Å². The van der Waals surface area contributed by atoms with Gasteiger partial charge in [0.2, 0.25) is 0 Å². The molecule has 1 fully saturated rings. The van der Waals surface area contributed by atoms with E-state index < -0.39 is 5.41 Å². The normalized spacial score (nSPS) is 27.6. The van der Waals surface area contributed by atoms with Gasteiger partial charge in [0.05, 0.1) is 27.4 Å². The largest absolute Gasteiger partial charge is 0.493 e. The molecular weight excluding hydrogens is 318 g/mol. The third kappa shape index (κ3) is 2.21. The van der Waals surface area contributed by atoms with Crippen molar-refractivity contribution in [1.29, 1.82) is 0 Å². The molecule has 1 saturated heterocycles. The first-order valence-corrected chi connectivity index (χ1v) is 8.92. The van der Waals surface area contributed by atoms with Crippen LogP contribution < -0.4 is 9.47 Å². The lowest BCUT2D eigenvalue weighted by molar-refractivity contribution is -0.153. The Labute approximate surface area is 148 Å². The Bertz CT molecular complexity index is 741. The molecule has 0 saturated carbocycles. The maximum atomic E-state index is 13.0. The van der Waals surface area contributed by atoms with Crippen molar-refractivity contribution in [3.05, 3.63) is 34.9 Å². The molecule has 3 aliphatic rings. The molecule has 0 bridgehead atoms. The zero-order chi connectivity index (χ0) is 17.6. The third-order valence-electron chi connectivity index (χ3n) is 6.10. The lowest BCUT2D eigenvalue weighted by Gasteiger charge is -2.41. The quantitative estimate of drug-likeness (QED) is 0.624. The van der Waals surface area contributed by atoms with Crippen molar-refractivity contribution in [2.45, 2.75) is 31.7 Å². The summed E-state index contributed by atoms with van der Waals surface area (Å²) in [6, 6.07) is 4.16. The topological polar surface area (TPSA) is 48.0 Å². The molecule has 0 spiro atoms. The Morgan fingerprint density at radius 1 is 1.20 bits per heavy atom. The molecule has 5 heteroatoms. The fourth-order valence-corrected chi connectivity index (χ4v) is 5.01. The van der Waals surface area contributed by atoms with E-state index in [9.17, 15) is 4.79 Å². The maximum Gasteiger partial charge on any atom is 0.317 e. The van der Waals surface area contributed by atoms with Crippen LogP contribution in [-0.2, 0) is 16.0 Å². The number of hydrogen-bond acceptors (Lipinski definition) is 5. The van der Waals surface area contributed by atoms with Crippen LogP contribution in [-0.4, -0.2) is 45.3 Å². The number of rotatable bonds is 3. The van der Waals surface area contributed by atoms with E-state index in [-0.39, 0.29) is 12.0 Å². The maximum absolute atomic E-state index is 13.0. The Morgan fingerprint density at radius 3 is 2.68 bits per heavy atom. The minimum atomic E-state index is -0.554. The second kappa shape index (κ2) is 6.06. The Morgan fingerprint density at radius 2 is 1.96 bits per heavy atom. The van der Waals surface area contributed by atoms with Crippen LogP contribution in [0.2, 0.25) is 0 Å². The summed E-state index contributed by atoms with van der Waals surface area (Å²) in [5.41, 5.74) is 3.11. The molecule has 0 aromatic heterocycles. The number of carbonyl (C=O) groups is 1. The van der Waals surface area contributed by atoms with Crippen molar-refractivity contribution in [3.8, 4) is 11.5 Å².